The van der Waals surface area contributed by atoms with E-state index in [0.29, 0.717) is 0 Å². The molecule has 0 aromatic carbocycles. The number of piperidine rings is 2. The summed E-state index contributed by atoms with van der Waals surface area (Å²) >= 11 is 0. The topological polar surface area (TPSA) is 15.3 Å². The SMILES string of the molecule is CC1CCC(C)C(NC2CC3CCCC(C2)N3C)C1. The Morgan fingerprint density at radius 3 is 2.26 bits per heavy atom. The van der Waals surface area contributed by atoms with Crippen LogP contribution >= 0.6 is 0 Å². The van der Waals surface area contributed by atoms with Crippen LogP contribution in [0.15, 0.2) is 0 Å². The summed E-state index contributed by atoms with van der Waals surface area (Å²) in [5.74, 6) is 1.81. The average Bonchev–Trinajstić information content (AvgIpc) is 2.35. The molecule has 0 amide bonds. The molecule has 3 aliphatic rings. The zero-order valence-corrected chi connectivity index (χ0v) is 13.1. The minimum absolute atomic E-state index is 0.790. The first-order chi connectivity index (χ1) is 9.13. The van der Waals surface area contributed by atoms with Gasteiger partial charge in [0.2, 0.25) is 0 Å². The predicted octanol–water partition coefficient (Wildman–Crippen LogP) is 3.42. The van der Waals surface area contributed by atoms with Gasteiger partial charge >= 0.3 is 0 Å². The summed E-state index contributed by atoms with van der Waals surface area (Å²) in [4.78, 5) is 2.68. The Morgan fingerprint density at radius 1 is 0.895 bits per heavy atom. The zero-order valence-electron chi connectivity index (χ0n) is 13.1. The van der Waals surface area contributed by atoms with E-state index in [9.17, 15) is 0 Å². The summed E-state index contributed by atoms with van der Waals surface area (Å²) in [5, 5.41) is 4.06. The van der Waals surface area contributed by atoms with Gasteiger partial charge in [-0.05, 0) is 57.4 Å². The molecule has 3 rings (SSSR count). The lowest BCUT2D eigenvalue weighted by atomic mass is 9.78. The molecule has 5 unspecified atom stereocenters. The molecule has 2 saturated heterocycles. The van der Waals surface area contributed by atoms with E-state index in [-0.39, 0.29) is 0 Å². The van der Waals surface area contributed by atoms with E-state index in [4.69, 9.17) is 0 Å². The summed E-state index contributed by atoms with van der Waals surface area (Å²) in [7, 11) is 2.36. The van der Waals surface area contributed by atoms with E-state index in [1.54, 1.807) is 0 Å². The van der Waals surface area contributed by atoms with Crippen LogP contribution in [0, 0.1) is 11.8 Å². The molecule has 2 nitrogen and oxygen atoms in total. The highest BCUT2D eigenvalue weighted by molar-refractivity contribution is 4.95. The molecule has 2 heteroatoms. The first kappa shape index (κ1) is 13.9. The maximum absolute atomic E-state index is 4.06. The lowest BCUT2D eigenvalue weighted by Gasteiger charge is -2.48. The Balaban J connectivity index is 1.58. The van der Waals surface area contributed by atoms with Gasteiger partial charge in [-0.2, -0.15) is 0 Å². The minimum Gasteiger partial charge on any atom is -0.311 e. The van der Waals surface area contributed by atoms with Crippen LogP contribution in [0.2, 0.25) is 0 Å². The first-order valence-electron chi connectivity index (χ1n) is 8.61. The maximum Gasteiger partial charge on any atom is 0.0110 e. The van der Waals surface area contributed by atoms with Crippen molar-refractivity contribution in [2.24, 2.45) is 11.8 Å². The predicted molar refractivity (Wildman–Crippen MR) is 81.3 cm³/mol. The third-order valence-corrected chi connectivity index (χ3v) is 6.25. The van der Waals surface area contributed by atoms with E-state index in [0.717, 1.165) is 36.0 Å². The van der Waals surface area contributed by atoms with Gasteiger partial charge in [0.15, 0.2) is 0 Å². The van der Waals surface area contributed by atoms with Crippen molar-refractivity contribution in [3.8, 4) is 0 Å². The lowest BCUT2D eigenvalue weighted by Crippen LogP contribution is -2.57. The van der Waals surface area contributed by atoms with Crippen LogP contribution in [-0.2, 0) is 0 Å². The molecule has 2 heterocycles. The molecule has 0 aromatic rings. The molecule has 1 saturated carbocycles. The van der Waals surface area contributed by atoms with Crippen LogP contribution in [0.1, 0.15) is 65.2 Å². The number of nitrogens with zero attached hydrogens (tertiary/aromatic N) is 1. The van der Waals surface area contributed by atoms with Gasteiger partial charge in [0.05, 0.1) is 0 Å². The first-order valence-corrected chi connectivity index (χ1v) is 8.61. The molecule has 2 aliphatic heterocycles. The van der Waals surface area contributed by atoms with Gasteiger partial charge in [-0.25, -0.2) is 0 Å². The quantitative estimate of drug-likeness (QED) is 0.822. The molecule has 2 bridgehead atoms. The minimum atomic E-state index is 0.790. The molecule has 1 N–H and O–H groups in total. The Kier molecular flexibility index (Phi) is 4.19. The van der Waals surface area contributed by atoms with Gasteiger partial charge in [-0.15, -0.1) is 0 Å². The van der Waals surface area contributed by atoms with Crippen LogP contribution in [-0.4, -0.2) is 36.1 Å². The molecule has 0 radical (unpaired) electrons. The van der Waals surface area contributed by atoms with E-state index in [2.05, 4.69) is 31.1 Å². The summed E-state index contributed by atoms with van der Waals surface area (Å²) in [5.41, 5.74) is 0. The number of hydrogen-bond acceptors (Lipinski definition) is 2. The molecule has 1 aliphatic carbocycles. The number of rotatable bonds is 2. The molecule has 110 valence electrons. The highest BCUT2D eigenvalue weighted by Gasteiger charge is 2.37. The van der Waals surface area contributed by atoms with Crippen molar-refractivity contribution in [2.45, 2.75) is 89.4 Å². The molecule has 3 fully saturated rings. The van der Waals surface area contributed by atoms with E-state index < -0.39 is 0 Å². The third-order valence-electron chi connectivity index (χ3n) is 6.25. The second-order valence-corrected chi connectivity index (χ2v) is 7.74. The summed E-state index contributed by atoms with van der Waals surface area (Å²) in [6, 6.07) is 3.31. The molecular weight excluding hydrogens is 232 g/mol. The van der Waals surface area contributed by atoms with Gasteiger partial charge in [0.25, 0.3) is 0 Å². The van der Waals surface area contributed by atoms with Crippen molar-refractivity contribution in [3.63, 3.8) is 0 Å². The van der Waals surface area contributed by atoms with E-state index in [1.165, 1.54) is 51.4 Å². The molecule has 5 atom stereocenters. The highest BCUT2D eigenvalue weighted by atomic mass is 15.2. The summed E-state index contributed by atoms with van der Waals surface area (Å²) in [6.07, 6.45) is 11.4. The van der Waals surface area contributed by atoms with E-state index >= 15 is 0 Å². The monoisotopic (exact) mass is 264 g/mol. The molecular formula is C17H32N2. The van der Waals surface area contributed by atoms with Crippen molar-refractivity contribution >= 4 is 0 Å². The van der Waals surface area contributed by atoms with Gasteiger partial charge in [-0.1, -0.05) is 26.7 Å². The summed E-state index contributed by atoms with van der Waals surface area (Å²) < 4.78 is 0. The van der Waals surface area contributed by atoms with Gasteiger partial charge < -0.3 is 10.2 Å². The second-order valence-electron chi connectivity index (χ2n) is 7.74. The zero-order chi connectivity index (χ0) is 13.4. The molecule has 19 heavy (non-hydrogen) atoms. The smallest absolute Gasteiger partial charge is 0.0110 e. The Hall–Kier alpha value is -0.0800. The maximum atomic E-state index is 4.06. The van der Waals surface area contributed by atoms with Gasteiger partial charge in [0.1, 0.15) is 0 Å². The standard InChI is InChI=1S/C17H32N2/c1-12-7-8-13(2)17(9-12)18-14-10-15-5-4-6-16(11-14)19(15)3/h12-18H,4-11H2,1-3H3. The molecule has 0 spiro atoms. The van der Waals surface area contributed by atoms with Crippen LogP contribution < -0.4 is 5.32 Å². The Bertz CT molecular complexity index is 290. The van der Waals surface area contributed by atoms with Gasteiger partial charge in [0, 0.05) is 24.2 Å². The van der Waals surface area contributed by atoms with Crippen molar-refractivity contribution in [1.82, 2.24) is 10.2 Å². The third kappa shape index (κ3) is 3.00. The fraction of sp³-hybridized carbons (Fsp3) is 1.00. The number of nitrogens with one attached hydrogen (secondary N) is 1. The fourth-order valence-corrected chi connectivity index (χ4v) is 4.82. The lowest BCUT2D eigenvalue weighted by molar-refractivity contribution is 0.0406. The van der Waals surface area contributed by atoms with Crippen LogP contribution in [0.25, 0.3) is 0 Å². The normalized spacial score (nSPS) is 48.2. The van der Waals surface area contributed by atoms with Crippen molar-refractivity contribution < 1.29 is 0 Å². The van der Waals surface area contributed by atoms with E-state index in [1.807, 2.05) is 0 Å². The van der Waals surface area contributed by atoms with Crippen LogP contribution in [0.4, 0.5) is 0 Å². The van der Waals surface area contributed by atoms with Gasteiger partial charge in [-0.3, -0.25) is 0 Å². The van der Waals surface area contributed by atoms with Crippen molar-refractivity contribution in [3.05, 3.63) is 0 Å². The fourth-order valence-electron chi connectivity index (χ4n) is 4.82. The largest absolute Gasteiger partial charge is 0.311 e. The Labute approximate surface area is 119 Å². The average molecular weight is 264 g/mol. The van der Waals surface area contributed by atoms with Crippen molar-refractivity contribution in [1.29, 1.82) is 0 Å². The Morgan fingerprint density at radius 2 is 1.58 bits per heavy atom. The second kappa shape index (κ2) is 5.73. The number of fused-ring (bicyclic) bond motifs is 2. The van der Waals surface area contributed by atoms with Crippen LogP contribution in [0.5, 0.6) is 0 Å². The number of hydrogen-bond donors (Lipinski definition) is 1. The van der Waals surface area contributed by atoms with Crippen LogP contribution in [0.3, 0.4) is 0 Å². The summed E-state index contributed by atoms with van der Waals surface area (Å²) in [6.45, 7) is 4.89. The molecule has 0 aromatic heterocycles. The highest BCUT2D eigenvalue weighted by Crippen LogP contribution is 2.34. The van der Waals surface area contributed by atoms with Crippen molar-refractivity contribution in [2.75, 3.05) is 7.05 Å².